The van der Waals surface area contributed by atoms with Crippen LogP contribution in [0.5, 0.6) is 0 Å². The zero-order valence-corrected chi connectivity index (χ0v) is 29.4. The van der Waals surface area contributed by atoms with Crippen molar-refractivity contribution in [3.63, 3.8) is 0 Å². The third-order valence-corrected chi connectivity index (χ3v) is 14.7. The lowest BCUT2D eigenvalue weighted by Crippen LogP contribution is -2.58. The Hall–Kier alpha value is -2.63. The van der Waals surface area contributed by atoms with E-state index in [1.807, 2.05) is 6.07 Å². The van der Waals surface area contributed by atoms with E-state index in [1.54, 1.807) is 30.3 Å². The Morgan fingerprint density at radius 2 is 1.65 bits per heavy atom. The van der Waals surface area contributed by atoms with Crippen LogP contribution in [0.1, 0.15) is 63.4 Å². The predicted octanol–water partition coefficient (Wildman–Crippen LogP) is 6.17. The third kappa shape index (κ3) is 7.01. The molecule has 0 radical (unpaired) electrons. The molecule has 2 saturated carbocycles. The lowest BCUT2D eigenvalue weighted by molar-refractivity contribution is -0.142. The minimum absolute atomic E-state index is 0.120. The van der Waals surface area contributed by atoms with Crippen LogP contribution in [0, 0.1) is 29.5 Å². The normalized spacial score (nSPS) is 26.8. The van der Waals surface area contributed by atoms with Crippen LogP contribution in [0.25, 0.3) is 0 Å². The summed E-state index contributed by atoms with van der Waals surface area (Å²) in [6.45, 7) is 7.80. The van der Waals surface area contributed by atoms with Crippen LogP contribution in [0.4, 0.5) is 18.9 Å². The summed E-state index contributed by atoms with van der Waals surface area (Å²) in [6.07, 6.45) is 5.63. The summed E-state index contributed by atoms with van der Waals surface area (Å²) >= 11 is 0. The van der Waals surface area contributed by atoms with Crippen molar-refractivity contribution in [2.75, 3.05) is 64.4 Å². The van der Waals surface area contributed by atoms with Crippen molar-refractivity contribution >= 4 is 21.5 Å². The average molecular weight is 702 g/mol. The van der Waals surface area contributed by atoms with E-state index in [0.717, 1.165) is 95.7 Å². The number of methoxy groups -OCH3 is 1. The van der Waals surface area contributed by atoms with E-state index in [2.05, 4.69) is 20.8 Å². The minimum atomic E-state index is -3.74. The lowest BCUT2D eigenvalue weighted by Gasteiger charge is -2.54. The fraction of sp³-hybridized carbons (Fsp3) is 0.658. The molecule has 0 spiro atoms. The minimum Gasteiger partial charge on any atom is -0.469 e. The summed E-state index contributed by atoms with van der Waals surface area (Å²) in [5.74, 6) is -1.81. The molecule has 0 amide bonds. The van der Waals surface area contributed by atoms with Gasteiger partial charge in [-0.2, -0.15) is 0 Å². The first-order chi connectivity index (χ1) is 23.5. The first kappa shape index (κ1) is 34.8. The maximum Gasteiger partial charge on any atom is 0.305 e. The number of esters is 1. The van der Waals surface area contributed by atoms with Crippen LogP contribution in [-0.2, 0) is 24.8 Å². The van der Waals surface area contributed by atoms with Crippen molar-refractivity contribution in [2.45, 2.75) is 79.3 Å². The molecule has 11 heteroatoms. The molecule has 2 aliphatic carbocycles. The molecular formula is C38H50F3N3O4S. The van der Waals surface area contributed by atoms with Crippen molar-refractivity contribution in [1.29, 1.82) is 0 Å². The van der Waals surface area contributed by atoms with Gasteiger partial charge >= 0.3 is 5.97 Å². The number of ether oxygens (including phenoxy) is 1. The smallest absolute Gasteiger partial charge is 0.305 e. The number of halogens is 3. The Morgan fingerprint density at radius 1 is 0.939 bits per heavy atom. The number of alkyl halides is 2. The van der Waals surface area contributed by atoms with Crippen LogP contribution in [-0.4, -0.2) is 94.8 Å². The predicted molar refractivity (Wildman–Crippen MR) is 183 cm³/mol. The summed E-state index contributed by atoms with van der Waals surface area (Å²) in [5.41, 5.74) is 1.83. The maximum atomic E-state index is 14.9. The standard InChI is InChI=1S/C38H50F3N3O4S/c1-48-36(45)19-28-5-2-8-35(28)38(26-43-15-4-16-43,30-6-3-7-31(39)20-30)29-13-17-42(18-14-29)23-27-24-44(25-27)32-9-11-33(12-10-32)49(46,47)34-21-37(40,41)22-34/h3,6-7,9-12,20,27-29,34-35H,2,4-5,8,13-19,21-26H2,1H3/t28-,35+,38+/m1/s1. The zero-order chi connectivity index (χ0) is 34.4. The van der Waals surface area contributed by atoms with E-state index in [-0.39, 0.29) is 28.0 Å². The molecule has 5 fully saturated rings. The number of carbonyl (C=O) groups is 1. The summed E-state index contributed by atoms with van der Waals surface area (Å²) in [7, 11) is -2.27. The molecule has 2 aromatic rings. The molecule has 3 atom stereocenters. The molecule has 0 bridgehead atoms. The highest BCUT2D eigenvalue weighted by Crippen LogP contribution is 2.54. The molecule has 49 heavy (non-hydrogen) atoms. The summed E-state index contributed by atoms with van der Waals surface area (Å²) in [6, 6.07) is 14.0. The molecule has 7 nitrogen and oxygen atoms in total. The van der Waals surface area contributed by atoms with Crippen LogP contribution in [0.15, 0.2) is 53.4 Å². The maximum absolute atomic E-state index is 14.9. The Labute approximate surface area is 289 Å². The number of nitrogens with zero attached hydrogens (tertiary/aromatic N) is 3. The van der Waals surface area contributed by atoms with Gasteiger partial charge in [0.25, 0.3) is 5.92 Å². The molecule has 2 aromatic carbocycles. The molecule has 3 aliphatic heterocycles. The third-order valence-electron chi connectivity index (χ3n) is 12.6. The number of sulfone groups is 1. The van der Waals surface area contributed by atoms with Crippen LogP contribution in [0.2, 0.25) is 0 Å². The lowest BCUT2D eigenvalue weighted by atomic mass is 9.56. The molecule has 0 N–H and O–H groups in total. The summed E-state index contributed by atoms with van der Waals surface area (Å²) in [5, 5.41) is -1.000. The number of likely N-dealkylation sites (tertiary alicyclic amines) is 2. The first-order valence-electron chi connectivity index (χ1n) is 18.2. The van der Waals surface area contributed by atoms with Gasteiger partial charge in [-0.3, -0.25) is 4.79 Å². The number of rotatable bonds is 12. The van der Waals surface area contributed by atoms with Gasteiger partial charge in [0.15, 0.2) is 9.84 Å². The van der Waals surface area contributed by atoms with Gasteiger partial charge in [0.2, 0.25) is 0 Å². The first-order valence-corrected chi connectivity index (χ1v) is 19.8. The SMILES string of the molecule is COC(=O)C[C@H]1CCC[C@@H]1[C@](CN1CCC1)(c1cccc(F)c1)C1CCN(CC2CN(c3ccc(S(=O)(=O)C4CC(F)(F)C4)cc3)C2)CC1. The number of carbonyl (C=O) groups excluding carboxylic acids is 1. The topological polar surface area (TPSA) is 70.2 Å². The second-order valence-corrected chi connectivity index (χ2v) is 17.8. The van der Waals surface area contributed by atoms with Gasteiger partial charge < -0.3 is 19.4 Å². The largest absolute Gasteiger partial charge is 0.469 e. The van der Waals surface area contributed by atoms with E-state index in [1.165, 1.54) is 19.6 Å². The molecule has 3 saturated heterocycles. The van der Waals surface area contributed by atoms with Crippen LogP contribution >= 0.6 is 0 Å². The van der Waals surface area contributed by atoms with E-state index in [0.29, 0.717) is 24.2 Å². The quantitative estimate of drug-likeness (QED) is 0.246. The van der Waals surface area contributed by atoms with E-state index in [4.69, 9.17) is 4.74 Å². The van der Waals surface area contributed by atoms with Gasteiger partial charge in [0, 0.05) is 62.5 Å². The van der Waals surface area contributed by atoms with Crippen molar-refractivity contribution in [3.05, 3.63) is 59.9 Å². The summed E-state index contributed by atoms with van der Waals surface area (Å²) in [4.78, 5) is 20.0. The van der Waals surface area contributed by atoms with Crippen LogP contribution < -0.4 is 4.90 Å². The molecular weight excluding hydrogens is 651 g/mol. The molecule has 0 unspecified atom stereocenters. The number of hydrogen-bond donors (Lipinski definition) is 0. The fourth-order valence-corrected chi connectivity index (χ4v) is 11.6. The molecule has 5 aliphatic rings. The van der Waals surface area contributed by atoms with Crippen LogP contribution in [0.3, 0.4) is 0 Å². The average Bonchev–Trinajstić information content (AvgIpc) is 3.50. The molecule has 7 rings (SSSR count). The summed E-state index contributed by atoms with van der Waals surface area (Å²) < 4.78 is 72.2. The van der Waals surface area contributed by atoms with Gasteiger partial charge in [-0.1, -0.05) is 18.6 Å². The number of piperidine rings is 1. The molecule has 268 valence electrons. The second-order valence-electron chi connectivity index (χ2n) is 15.5. The second kappa shape index (κ2) is 13.8. The number of benzene rings is 2. The van der Waals surface area contributed by atoms with Gasteiger partial charge in [-0.15, -0.1) is 0 Å². The number of hydrogen-bond acceptors (Lipinski definition) is 7. The Kier molecular flexibility index (Phi) is 9.82. The number of anilines is 1. The van der Waals surface area contributed by atoms with Gasteiger partial charge in [-0.05, 0) is 118 Å². The monoisotopic (exact) mass is 701 g/mol. The fourth-order valence-electron chi connectivity index (χ4n) is 9.79. The van der Waals surface area contributed by atoms with Crippen molar-refractivity contribution in [2.24, 2.45) is 23.7 Å². The van der Waals surface area contributed by atoms with Gasteiger partial charge in [-0.25, -0.2) is 21.6 Å². The highest BCUT2D eigenvalue weighted by molar-refractivity contribution is 7.92. The molecule has 3 heterocycles. The highest BCUT2D eigenvalue weighted by Gasteiger charge is 2.53. The highest BCUT2D eigenvalue weighted by atomic mass is 32.2. The Morgan fingerprint density at radius 3 is 2.27 bits per heavy atom. The van der Waals surface area contributed by atoms with Crippen molar-refractivity contribution < 1.29 is 31.1 Å². The Bertz CT molecular complexity index is 1580. The Balaban J connectivity index is 1.000. The van der Waals surface area contributed by atoms with E-state index < -0.39 is 33.9 Å². The van der Waals surface area contributed by atoms with E-state index in [9.17, 15) is 26.4 Å². The zero-order valence-electron chi connectivity index (χ0n) is 28.5. The van der Waals surface area contributed by atoms with Gasteiger partial charge in [0.05, 0.1) is 17.3 Å². The van der Waals surface area contributed by atoms with Gasteiger partial charge in [0.1, 0.15) is 5.82 Å². The van der Waals surface area contributed by atoms with E-state index >= 15 is 0 Å². The van der Waals surface area contributed by atoms with Crippen molar-refractivity contribution in [1.82, 2.24) is 9.80 Å². The molecule has 0 aromatic heterocycles. The van der Waals surface area contributed by atoms with Crippen molar-refractivity contribution in [3.8, 4) is 0 Å².